The summed E-state index contributed by atoms with van der Waals surface area (Å²) in [6.07, 6.45) is 0. The first-order chi connectivity index (χ1) is 15.1. The molecule has 0 saturated heterocycles. The lowest BCUT2D eigenvalue weighted by atomic mass is 9.87. The summed E-state index contributed by atoms with van der Waals surface area (Å²) in [5.41, 5.74) is 3.52. The summed E-state index contributed by atoms with van der Waals surface area (Å²) in [4.78, 5) is 24.3. The maximum Gasteiger partial charge on any atom is 0.237 e. The van der Waals surface area contributed by atoms with Crippen LogP contribution in [0.15, 0.2) is 53.7 Å². The van der Waals surface area contributed by atoms with Crippen molar-refractivity contribution in [3.63, 3.8) is 0 Å². The van der Waals surface area contributed by atoms with Crippen molar-refractivity contribution in [3.05, 3.63) is 59.7 Å². The van der Waals surface area contributed by atoms with Gasteiger partial charge in [0, 0.05) is 23.4 Å². The van der Waals surface area contributed by atoms with Gasteiger partial charge < -0.3 is 9.88 Å². The molecule has 1 aromatic heterocycles. The van der Waals surface area contributed by atoms with Crippen LogP contribution in [0.1, 0.15) is 57.5 Å². The van der Waals surface area contributed by atoms with E-state index in [0.717, 1.165) is 11.4 Å². The van der Waals surface area contributed by atoms with Crippen LogP contribution in [-0.4, -0.2) is 31.7 Å². The summed E-state index contributed by atoms with van der Waals surface area (Å²) in [5.74, 6) is 0.595. The minimum absolute atomic E-state index is 0.0392. The van der Waals surface area contributed by atoms with Crippen LogP contribution in [0, 0.1) is 0 Å². The zero-order valence-corrected chi connectivity index (χ0v) is 20.3. The second kappa shape index (κ2) is 9.69. The number of carbonyl (C=O) groups is 2. The average molecular weight is 451 g/mol. The van der Waals surface area contributed by atoms with E-state index in [9.17, 15) is 9.59 Å². The van der Waals surface area contributed by atoms with Crippen molar-refractivity contribution in [2.24, 2.45) is 0 Å². The molecule has 0 radical (unpaired) electrons. The Morgan fingerprint density at radius 3 is 2.38 bits per heavy atom. The third-order valence-electron chi connectivity index (χ3n) is 5.23. The van der Waals surface area contributed by atoms with Crippen LogP contribution in [0.3, 0.4) is 0 Å². The third-order valence-corrected chi connectivity index (χ3v) is 6.31. The molecule has 1 atom stereocenters. The number of amides is 1. The Morgan fingerprint density at radius 1 is 1.09 bits per heavy atom. The van der Waals surface area contributed by atoms with E-state index in [0.29, 0.717) is 23.0 Å². The van der Waals surface area contributed by atoms with Crippen molar-refractivity contribution in [2.45, 2.75) is 63.9 Å². The molecule has 168 valence electrons. The van der Waals surface area contributed by atoms with Crippen LogP contribution in [0.25, 0.3) is 11.4 Å². The number of nitrogens with one attached hydrogen (secondary N) is 1. The van der Waals surface area contributed by atoms with E-state index < -0.39 is 0 Å². The summed E-state index contributed by atoms with van der Waals surface area (Å²) in [6, 6.07) is 15.3. The summed E-state index contributed by atoms with van der Waals surface area (Å²) in [6.45, 7) is 12.6. The Morgan fingerprint density at radius 2 is 1.78 bits per heavy atom. The zero-order valence-electron chi connectivity index (χ0n) is 19.5. The topological polar surface area (TPSA) is 76.9 Å². The standard InChI is InChI=1S/C25H30N4O2S/c1-7-29-22(18-11-13-20(14-12-18)25(4,5)6)27-28-24(29)32-17(3)23(31)26-21-10-8-9-19(15-21)16(2)30/h8-15,17H,7H2,1-6H3,(H,26,31). The van der Waals surface area contributed by atoms with Gasteiger partial charge in [0.1, 0.15) is 0 Å². The number of aromatic nitrogens is 3. The molecule has 1 unspecified atom stereocenters. The number of carbonyl (C=O) groups excluding carboxylic acids is 2. The first-order valence-corrected chi connectivity index (χ1v) is 11.6. The number of hydrogen-bond acceptors (Lipinski definition) is 5. The molecule has 0 spiro atoms. The number of ketones is 1. The molecule has 2 aromatic carbocycles. The molecule has 32 heavy (non-hydrogen) atoms. The second-order valence-corrected chi connectivity index (χ2v) is 10.1. The molecule has 7 heteroatoms. The molecular formula is C25H30N4O2S. The molecule has 0 saturated carbocycles. The Hall–Kier alpha value is -2.93. The van der Waals surface area contributed by atoms with E-state index in [2.05, 4.69) is 60.6 Å². The van der Waals surface area contributed by atoms with Crippen molar-refractivity contribution in [1.82, 2.24) is 14.8 Å². The number of benzene rings is 2. The van der Waals surface area contributed by atoms with Gasteiger partial charge >= 0.3 is 0 Å². The van der Waals surface area contributed by atoms with Gasteiger partial charge in [-0.3, -0.25) is 9.59 Å². The van der Waals surface area contributed by atoms with Gasteiger partial charge in [-0.25, -0.2) is 0 Å². The van der Waals surface area contributed by atoms with Crippen molar-refractivity contribution in [2.75, 3.05) is 5.32 Å². The fraction of sp³-hybridized carbons (Fsp3) is 0.360. The van der Waals surface area contributed by atoms with Gasteiger partial charge in [-0.05, 0) is 43.9 Å². The second-order valence-electron chi connectivity index (χ2n) is 8.76. The lowest BCUT2D eigenvalue weighted by molar-refractivity contribution is -0.115. The van der Waals surface area contributed by atoms with Crippen LogP contribution in [0.5, 0.6) is 0 Å². The van der Waals surface area contributed by atoms with E-state index in [1.807, 2.05) is 18.4 Å². The number of thioether (sulfide) groups is 1. The maximum atomic E-state index is 12.7. The smallest absolute Gasteiger partial charge is 0.237 e. The maximum absolute atomic E-state index is 12.7. The van der Waals surface area contributed by atoms with Crippen LogP contribution in [0.4, 0.5) is 5.69 Å². The normalized spacial score (nSPS) is 12.4. The molecule has 0 fully saturated rings. The van der Waals surface area contributed by atoms with Gasteiger partial charge in [-0.15, -0.1) is 10.2 Å². The first-order valence-electron chi connectivity index (χ1n) is 10.7. The molecule has 3 aromatic rings. The van der Waals surface area contributed by atoms with Crippen LogP contribution in [-0.2, 0) is 16.8 Å². The largest absolute Gasteiger partial charge is 0.325 e. The fourth-order valence-corrected chi connectivity index (χ4v) is 4.18. The van der Waals surface area contributed by atoms with Crippen molar-refractivity contribution >= 4 is 29.1 Å². The van der Waals surface area contributed by atoms with E-state index in [1.54, 1.807) is 24.3 Å². The molecule has 0 aliphatic rings. The highest BCUT2D eigenvalue weighted by Crippen LogP contribution is 2.29. The monoisotopic (exact) mass is 450 g/mol. The first kappa shape index (κ1) is 23.7. The predicted molar refractivity (Wildman–Crippen MR) is 130 cm³/mol. The van der Waals surface area contributed by atoms with Crippen LogP contribution < -0.4 is 5.32 Å². The molecule has 6 nitrogen and oxygen atoms in total. The minimum atomic E-state index is -0.387. The van der Waals surface area contributed by atoms with Gasteiger partial charge in [-0.1, -0.05) is 68.9 Å². The number of rotatable bonds is 7. The quantitative estimate of drug-likeness (QED) is 0.375. The summed E-state index contributed by atoms with van der Waals surface area (Å²) in [5, 5.41) is 11.9. The zero-order chi connectivity index (χ0) is 23.5. The van der Waals surface area contributed by atoms with Crippen LogP contribution >= 0.6 is 11.8 Å². The van der Waals surface area contributed by atoms with E-state index in [4.69, 9.17) is 0 Å². The Labute approximate surface area is 193 Å². The number of Topliss-reactive ketones (excluding diaryl/α,β-unsaturated/α-hetero) is 1. The average Bonchev–Trinajstić information content (AvgIpc) is 3.15. The molecule has 1 N–H and O–H groups in total. The number of hydrogen-bond donors (Lipinski definition) is 1. The fourth-order valence-electron chi connectivity index (χ4n) is 3.27. The molecule has 1 heterocycles. The molecule has 0 aliphatic carbocycles. The van der Waals surface area contributed by atoms with E-state index in [1.165, 1.54) is 24.2 Å². The van der Waals surface area contributed by atoms with Crippen molar-refractivity contribution < 1.29 is 9.59 Å². The third kappa shape index (κ3) is 5.46. The number of nitrogens with zero attached hydrogens (tertiary/aromatic N) is 3. The van der Waals surface area contributed by atoms with E-state index in [-0.39, 0.29) is 22.4 Å². The van der Waals surface area contributed by atoms with E-state index >= 15 is 0 Å². The lowest BCUT2D eigenvalue weighted by Gasteiger charge is -2.19. The lowest BCUT2D eigenvalue weighted by Crippen LogP contribution is -2.23. The highest BCUT2D eigenvalue weighted by molar-refractivity contribution is 8.00. The van der Waals surface area contributed by atoms with Gasteiger partial charge in [-0.2, -0.15) is 0 Å². The minimum Gasteiger partial charge on any atom is -0.325 e. The van der Waals surface area contributed by atoms with Gasteiger partial charge in [0.15, 0.2) is 16.8 Å². The molecule has 1 amide bonds. The van der Waals surface area contributed by atoms with Gasteiger partial charge in [0.25, 0.3) is 0 Å². The number of anilines is 1. The Balaban J connectivity index is 1.75. The van der Waals surface area contributed by atoms with Crippen molar-refractivity contribution in [3.8, 4) is 11.4 Å². The Bertz CT molecular complexity index is 1110. The predicted octanol–water partition coefficient (Wildman–Crippen LogP) is 5.58. The highest BCUT2D eigenvalue weighted by atomic mass is 32.2. The molecule has 0 aliphatic heterocycles. The SMILES string of the molecule is CCn1c(SC(C)C(=O)Nc2cccc(C(C)=O)c2)nnc1-c1ccc(C(C)(C)C)cc1. The van der Waals surface area contributed by atoms with Gasteiger partial charge in [0.05, 0.1) is 5.25 Å². The molecular weight excluding hydrogens is 420 g/mol. The Kier molecular flexibility index (Phi) is 7.19. The molecule has 0 bridgehead atoms. The summed E-state index contributed by atoms with van der Waals surface area (Å²) in [7, 11) is 0. The van der Waals surface area contributed by atoms with Crippen LogP contribution in [0.2, 0.25) is 0 Å². The summed E-state index contributed by atoms with van der Waals surface area (Å²) < 4.78 is 2.02. The molecule has 3 rings (SSSR count). The summed E-state index contributed by atoms with van der Waals surface area (Å²) >= 11 is 1.37. The van der Waals surface area contributed by atoms with Gasteiger partial charge in [0.2, 0.25) is 5.91 Å². The van der Waals surface area contributed by atoms with Crippen molar-refractivity contribution in [1.29, 1.82) is 0 Å². The highest BCUT2D eigenvalue weighted by Gasteiger charge is 2.21.